The first-order chi connectivity index (χ1) is 14.3. The monoisotopic (exact) mass is 414 g/mol. The molecule has 4 rings (SSSR count). The number of carbonyl (C=O) groups is 1. The maximum Gasteiger partial charge on any atom is 0.263 e. The number of nitrogens with zero attached hydrogens (tertiary/aromatic N) is 5. The van der Waals surface area contributed by atoms with Gasteiger partial charge in [-0.25, -0.2) is 4.68 Å². The van der Waals surface area contributed by atoms with Gasteiger partial charge in [-0.2, -0.15) is 10.1 Å². The summed E-state index contributed by atoms with van der Waals surface area (Å²) in [6, 6.07) is 0. The molecule has 164 valence electrons. The van der Waals surface area contributed by atoms with Crippen LogP contribution in [0.3, 0.4) is 0 Å². The van der Waals surface area contributed by atoms with Gasteiger partial charge in [-0.3, -0.25) is 14.6 Å². The number of aromatic nitrogens is 4. The van der Waals surface area contributed by atoms with Crippen LogP contribution < -0.4 is 10.5 Å². The number of anilines is 1. The smallest absolute Gasteiger partial charge is 0.263 e. The lowest BCUT2D eigenvalue weighted by Crippen LogP contribution is -2.49. The van der Waals surface area contributed by atoms with E-state index < -0.39 is 0 Å². The molecule has 1 aliphatic carbocycles. The molecule has 1 N–H and O–H groups in total. The largest absolute Gasteiger partial charge is 0.339 e. The topological polar surface area (TPSA) is 87.1 Å². The van der Waals surface area contributed by atoms with Crippen LogP contribution in [-0.2, 0) is 10.3 Å². The van der Waals surface area contributed by atoms with Gasteiger partial charge in [-0.05, 0) is 33.1 Å². The van der Waals surface area contributed by atoms with Crippen molar-refractivity contribution >= 4 is 22.9 Å². The van der Waals surface area contributed by atoms with Gasteiger partial charge in [0.1, 0.15) is 5.39 Å². The average molecular weight is 415 g/mol. The number of hydrogen-bond donors (Lipinski definition) is 1. The number of rotatable bonds is 4. The van der Waals surface area contributed by atoms with Crippen LogP contribution in [0.5, 0.6) is 0 Å². The summed E-state index contributed by atoms with van der Waals surface area (Å²) < 4.78 is 1.80. The fourth-order valence-corrected chi connectivity index (χ4v) is 4.68. The van der Waals surface area contributed by atoms with E-state index >= 15 is 0 Å². The standard InChI is InChI=1S/C22H34N6O2/c1-22(2,3)28-19-17(15-23-28)20(30)25-21(24-19)27-13-11-26(12-14-27)18(29)10-9-16-7-5-4-6-8-16/h15-16H,4-14H2,1-3H3,(H,24,25,30). The maximum atomic E-state index is 12.7. The molecule has 2 aromatic rings. The Morgan fingerprint density at radius 2 is 1.83 bits per heavy atom. The molecule has 2 fully saturated rings. The number of fused-ring (bicyclic) bond motifs is 1. The van der Waals surface area contributed by atoms with Crippen molar-refractivity contribution in [2.24, 2.45) is 5.92 Å². The molecular formula is C22H34N6O2. The second-order valence-corrected chi connectivity index (χ2v) is 9.76. The minimum absolute atomic E-state index is 0.170. The third-order valence-corrected chi connectivity index (χ3v) is 6.48. The summed E-state index contributed by atoms with van der Waals surface area (Å²) in [5, 5.41) is 4.88. The third kappa shape index (κ3) is 4.37. The number of carbonyl (C=O) groups excluding carboxylic acids is 1. The van der Waals surface area contributed by atoms with E-state index in [-0.39, 0.29) is 17.0 Å². The Morgan fingerprint density at radius 1 is 1.13 bits per heavy atom. The van der Waals surface area contributed by atoms with Crippen LogP contribution in [0.1, 0.15) is 65.7 Å². The zero-order valence-electron chi connectivity index (χ0n) is 18.5. The molecule has 0 spiro atoms. The minimum atomic E-state index is -0.261. The van der Waals surface area contributed by atoms with Gasteiger partial charge in [0.2, 0.25) is 11.9 Å². The molecule has 1 aliphatic heterocycles. The first-order valence-corrected chi connectivity index (χ1v) is 11.3. The van der Waals surface area contributed by atoms with Crippen molar-refractivity contribution in [1.29, 1.82) is 0 Å². The number of H-pyrrole nitrogens is 1. The van der Waals surface area contributed by atoms with E-state index in [1.807, 2.05) is 25.7 Å². The summed E-state index contributed by atoms with van der Waals surface area (Å²) in [6.45, 7) is 8.81. The van der Waals surface area contributed by atoms with Gasteiger partial charge in [0.15, 0.2) is 5.65 Å². The highest BCUT2D eigenvalue weighted by atomic mass is 16.2. The van der Waals surface area contributed by atoms with E-state index in [2.05, 4.69) is 15.0 Å². The van der Waals surface area contributed by atoms with Crippen LogP contribution in [0, 0.1) is 5.92 Å². The van der Waals surface area contributed by atoms with Crippen LogP contribution >= 0.6 is 0 Å². The van der Waals surface area contributed by atoms with E-state index in [1.54, 1.807) is 10.9 Å². The summed E-state index contributed by atoms with van der Waals surface area (Å²) in [5.41, 5.74) is 0.173. The van der Waals surface area contributed by atoms with E-state index in [0.29, 0.717) is 49.6 Å². The zero-order chi connectivity index (χ0) is 21.3. The molecule has 1 amide bonds. The molecule has 0 aromatic carbocycles. The Labute approximate surface area is 177 Å². The first-order valence-electron chi connectivity index (χ1n) is 11.3. The molecule has 1 saturated carbocycles. The van der Waals surface area contributed by atoms with Crippen molar-refractivity contribution in [1.82, 2.24) is 24.6 Å². The second-order valence-electron chi connectivity index (χ2n) is 9.76. The Morgan fingerprint density at radius 3 is 2.50 bits per heavy atom. The van der Waals surface area contributed by atoms with Crippen molar-refractivity contribution in [2.75, 3.05) is 31.1 Å². The predicted octanol–water partition coefficient (Wildman–Crippen LogP) is 2.88. The summed E-state index contributed by atoms with van der Waals surface area (Å²) in [5.74, 6) is 1.56. The van der Waals surface area contributed by atoms with Crippen molar-refractivity contribution in [3.63, 3.8) is 0 Å². The summed E-state index contributed by atoms with van der Waals surface area (Å²) >= 11 is 0. The van der Waals surface area contributed by atoms with Gasteiger partial charge in [-0.1, -0.05) is 32.1 Å². The van der Waals surface area contributed by atoms with Gasteiger partial charge in [0, 0.05) is 32.6 Å². The molecule has 0 bridgehead atoms. The maximum absolute atomic E-state index is 12.7. The Bertz CT molecular complexity index is 943. The average Bonchev–Trinajstić information content (AvgIpc) is 3.18. The van der Waals surface area contributed by atoms with Gasteiger partial charge >= 0.3 is 0 Å². The molecule has 30 heavy (non-hydrogen) atoms. The highest BCUT2D eigenvalue weighted by Crippen LogP contribution is 2.27. The molecule has 2 aromatic heterocycles. The van der Waals surface area contributed by atoms with Crippen LogP contribution in [-0.4, -0.2) is 56.7 Å². The van der Waals surface area contributed by atoms with Crippen molar-refractivity contribution < 1.29 is 4.79 Å². The fraction of sp³-hybridized carbons (Fsp3) is 0.727. The number of aromatic amines is 1. The number of hydrogen-bond acceptors (Lipinski definition) is 5. The van der Waals surface area contributed by atoms with Crippen LogP contribution in [0.4, 0.5) is 5.95 Å². The second kappa shape index (κ2) is 8.40. The van der Waals surface area contributed by atoms with Crippen LogP contribution in [0.2, 0.25) is 0 Å². The first kappa shape index (κ1) is 20.9. The third-order valence-electron chi connectivity index (χ3n) is 6.48. The fourth-order valence-electron chi connectivity index (χ4n) is 4.68. The Kier molecular flexibility index (Phi) is 5.84. The van der Waals surface area contributed by atoms with E-state index in [9.17, 15) is 9.59 Å². The quantitative estimate of drug-likeness (QED) is 0.831. The van der Waals surface area contributed by atoms with Gasteiger partial charge in [-0.15, -0.1) is 0 Å². The molecule has 0 atom stereocenters. The van der Waals surface area contributed by atoms with E-state index in [0.717, 1.165) is 12.3 Å². The van der Waals surface area contributed by atoms with Gasteiger partial charge in [0.05, 0.1) is 11.7 Å². The highest BCUT2D eigenvalue weighted by molar-refractivity contribution is 5.77. The van der Waals surface area contributed by atoms with Crippen LogP contribution in [0.25, 0.3) is 11.0 Å². The summed E-state index contributed by atoms with van der Waals surface area (Å²) in [7, 11) is 0. The van der Waals surface area contributed by atoms with E-state index in [1.165, 1.54) is 32.1 Å². The lowest BCUT2D eigenvalue weighted by molar-refractivity contribution is -0.131. The lowest BCUT2D eigenvalue weighted by atomic mass is 9.86. The summed E-state index contributed by atoms with van der Waals surface area (Å²) in [6.07, 6.45) is 9.84. The Hall–Kier alpha value is -2.38. The molecular weight excluding hydrogens is 380 g/mol. The van der Waals surface area contributed by atoms with E-state index in [4.69, 9.17) is 4.98 Å². The van der Waals surface area contributed by atoms with Crippen molar-refractivity contribution in [3.05, 3.63) is 16.6 Å². The zero-order valence-corrected chi connectivity index (χ0v) is 18.5. The number of nitrogens with one attached hydrogen (secondary N) is 1. The predicted molar refractivity (Wildman–Crippen MR) is 118 cm³/mol. The minimum Gasteiger partial charge on any atom is -0.339 e. The van der Waals surface area contributed by atoms with Gasteiger partial charge < -0.3 is 9.80 Å². The van der Waals surface area contributed by atoms with Crippen LogP contribution in [0.15, 0.2) is 11.0 Å². The van der Waals surface area contributed by atoms with Gasteiger partial charge in [0.25, 0.3) is 5.56 Å². The highest BCUT2D eigenvalue weighted by Gasteiger charge is 2.25. The molecule has 8 nitrogen and oxygen atoms in total. The van der Waals surface area contributed by atoms with Crippen molar-refractivity contribution in [2.45, 2.75) is 71.3 Å². The molecule has 0 radical (unpaired) electrons. The molecule has 0 unspecified atom stereocenters. The number of piperazine rings is 1. The normalized spacial score (nSPS) is 18.9. The van der Waals surface area contributed by atoms with Crippen molar-refractivity contribution in [3.8, 4) is 0 Å². The number of amides is 1. The lowest BCUT2D eigenvalue weighted by Gasteiger charge is -2.35. The Balaban J connectivity index is 1.39. The summed E-state index contributed by atoms with van der Waals surface area (Å²) in [4.78, 5) is 36.9. The molecule has 2 aliphatic rings. The molecule has 1 saturated heterocycles. The SMILES string of the molecule is CC(C)(C)n1ncc2c(=O)[nH]c(N3CCN(C(=O)CCC4CCCCC4)CC3)nc21. The molecule has 8 heteroatoms. The molecule has 3 heterocycles.